The Morgan fingerprint density at radius 3 is 2.80 bits per heavy atom. The molecule has 1 heterocycles. The highest BCUT2D eigenvalue weighted by Gasteiger charge is 2.13. The lowest BCUT2D eigenvalue weighted by atomic mass is 10.1. The molecule has 2 aromatic rings. The fourth-order valence-electron chi connectivity index (χ4n) is 2.37. The summed E-state index contributed by atoms with van der Waals surface area (Å²) in [6.07, 6.45) is 7.13. The van der Waals surface area contributed by atoms with Crippen molar-refractivity contribution in [1.82, 2.24) is 9.97 Å². The number of aromatic amines is 1. The maximum Gasteiger partial charge on any atom is 0.340 e. The lowest BCUT2D eigenvalue weighted by molar-refractivity contribution is 0.0603. The van der Waals surface area contributed by atoms with Gasteiger partial charge < -0.3 is 9.72 Å². The summed E-state index contributed by atoms with van der Waals surface area (Å²) in [7, 11) is 1.39. The Morgan fingerprint density at radius 2 is 2.05 bits per heavy atom. The molecule has 20 heavy (non-hydrogen) atoms. The van der Waals surface area contributed by atoms with Crippen LogP contribution in [0.4, 0.5) is 0 Å². The van der Waals surface area contributed by atoms with Crippen molar-refractivity contribution in [2.75, 3.05) is 7.11 Å². The highest BCUT2D eigenvalue weighted by atomic mass is 16.5. The number of ether oxygens (including phenoxy) is 1. The molecule has 0 fully saturated rings. The number of hydrogen-bond acceptors (Lipinski definition) is 3. The van der Waals surface area contributed by atoms with Gasteiger partial charge in [0.25, 0.3) is 0 Å². The van der Waals surface area contributed by atoms with Gasteiger partial charge in [0.2, 0.25) is 0 Å². The summed E-state index contributed by atoms with van der Waals surface area (Å²) < 4.78 is 4.79. The van der Waals surface area contributed by atoms with E-state index in [1.807, 2.05) is 12.1 Å². The molecule has 0 atom stereocenters. The minimum Gasteiger partial charge on any atom is -0.465 e. The number of methoxy groups -OCH3 is 1. The number of hydrogen-bond donors (Lipinski definition) is 1. The van der Waals surface area contributed by atoms with Crippen LogP contribution in [0, 0.1) is 0 Å². The van der Waals surface area contributed by atoms with E-state index >= 15 is 0 Å². The predicted octanol–water partition coefficient (Wildman–Crippen LogP) is 3.86. The summed E-state index contributed by atoms with van der Waals surface area (Å²) in [5, 5.41) is 0. The normalized spacial score (nSPS) is 10.9. The third-order valence-corrected chi connectivity index (χ3v) is 3.48. The molecule has 0 aliphatic heterocycles. The van der Waals surface area contributed by atoms with Crippen LogP contribution >= 0.6 is 0 Å². The SMILES string of the molecule is CCCCCCCc1nc2c(C(=O)OC)cccc2[nH]1. The highest BCUT2D eigenvalue weighted by molar-refractivity contribution is 6.01. The van der Waals surface area contributed by atoms with Crippen molar-refractivity contribution in [1.29, 1.82) is 0 Å². The van der Waals surface area contributed by atoms with E-state index in [1.54, 1.807) is 6.07 Å². The van der Waals surface area contributed by atoms with E-state index in [4.69, 9.17) is 4.74 Å². The molecular formula is C16H22N2O2. The topological polar surface area (TPSA) is 55.0 Å². The Bertz CT molecular complexity index is 575. The summed E-state index contributed by atoms with van der Waals surface area (Å²) >= 11 is 0. The summed E-state index contributed by atoms with van der Waals surface area (Å²) in [6.45, 7) is 2.22. The van der Waals surface area contributed by atoms with Crippen LogP contribution in [0.1, 0.15) is 55.2 Å². The van der Waals surface area contributed by atoms with Crippen LogP contribution in [0.2, 0.25) is 0 Å². The number of esters is 1. The van der Waals surface area contributed by atoms with Crippen molar-refractivity contribution < 1.29 is 9.53 Å². The third-order valence-electron chi connectivity index (χ3n) is 3.48. The van der Waals surface area contributed by atoms with Crippen LogP contribution in [-0.2, 0) is 11.2 Å². The second kappa shape index (κ2) is 7.08. The van der Waals surface area contributed by atoms with Gasteiger partial charge in [0.1, 0.15) is 11.3 Å². The zero-order chi connectivity index (χ0) is 14.4. The van der Waals surface area contributed by atoms with E-state index in [9.17, 15) is 4.79 Å². The van der Waals surface area contributed by atoms with Crippen LogP contribution in [0.3, 0.4) is 0 Å². The molecule has 1 aromatic carbocycles. The molecule has 0 aliphatic rings. The van der Waals surface area contributed by atoms with Gasteiger partial charge in [-0.15, -0.1) is 0 Å². The maximum atomic E-state index is 11.7. The number of H-pyrrole nitrogens is 1. The van der Waals surface area contributed by atoms with Gasteiger partial charge in [0, 0.05) is 6.42 Å². The van der Waals surface area contributed by atoms with E-state index in [-0.39, 0.29) is 5.97 Å². The van der Waals surface area contributed by atoms with Crippen molar-refractivity contribution in [2.24, 2.45) is 0 Å². The first-order chi connectivity index (χ1) is 9.76. The molecule has 108 valence electrons. The average molecular weight is 274 g/mol. The molecular weight excluding hydrogens is 252 g/mol. The zero-order valence-corrected chi connectivity index (χ0v) is 12.2. The first kappa shape index (κ1) is 14.6. The van der Waals surface area contributed by atoms with E-state index in [0.29, 0.717) is 11.1 Å². The number of para-hydroxylation sites is 1. The largest absolute Gasteiger partial charge is 0.465 e. The molecule has 0 amide bonds. The van der Waals surface area contributed by atoms with Gasteiger partial charge >= 0.3 is 5.97 Å². The molecule has 0 saturated carbocycles. The first-order valence-electron chi connectivity index (χ1n) is 7.32. The molecule has 0 spiro atoms. The third kappa shape index (κ3) is 3.38. The van der Waals surface area contributed by atoms with Crippen LogP contribution in [0.25, 0.3) is 11.0 Å². The van der Waals surface area contributed by atoms with Crippen molar-refractivity contribution in [3.8, 4) is 0 Å². The molecule has 2 rings (SSSR count). The Hall–Kier alpha value is -1.84. The number of nitrogens with one attached hydrogen (secondary N) is 1. The predicted molar refractivity (Wildman–Crippen MR) is 79.9 cm³/mol. The summed E-state index contributed by atoms with van der Waals surface area (Å²) in [5.41, 5.74) is 2.14. The van der Waals surface area contributed by atoms with E-state index in [1.165, 1.54) is 32.8 Å². The number of nitrogens with zero attached hydrogens (tertiary/aromatic N) is 1. The number of fused-ring (bicyclic) bond motifs is 1. The monoisotopic (exact) mass is 274 g/mol. The first-order valence-corrected chi connectivity index (χ1v) is 7.32. The number of aryl methyl sites for hydroxylation is 1. The minimum absolute atomic E-state index is 0.336. The summed E-state index contributed by atoms with van der Waals surface area (Å²) in [6, 6.07) is 5.53. The van der Waals surface area contributed by atoms with Gasteiger partial charge in [0.05, 0.1) is 18.2 Å². The fourth-order valence-corrected chi connectivity index (χ4v) is 2.37. The number of carbonyl (C=O) groups excluding carboxylic acids is 1. The number of carbonyl (C=O) groups is 1. The smallest absolute Gasteiger partial charge is 0.340 e. The Morgan fingerprint density at radius 1 is 1.25 bits per heavy atom. The van der Waals surface area contributed by atoms with Crippen LogP contribution in [-0.4, -0.2) is 23.0 Å². The van der Waals surface area contributed by atoms with Crippen LogP contribution in [0.5, 0.6) is 0 Å². The number of aromatic nitrogens is 2. The van der Waals surface area contributed by atoms with Crippen LogP contribution < -0.4 is 0 Å². The molecule has 0 saturated heterocycles. The van der Waals surface area contributed by atoms with Gasteiger partial charge in [0.15, 0.2) is 0 Å². The van der Waals surface area contributed by atoms with Crippen molar-refractivity contribution in [3.05, 3.63) is 29.6 Å². The number of benzene rings is 1. The van der Waals surface area contributed by atoms with Crippen molar-refractivity contribution in [2.45, 2.75) is 45.4 Å². The highest BCUT2D eigenvalue weighted by Crippen LogP contribution is 2.18. The van der Waals surface area contributed by atoms with Crippen LogP contribution in [0.15, 0.2) is 18.2 Å². The van der Waals surface area contributed by atoms with Gasteiger partial charge in [-0.2, -0.15) is 0 Å². The average Bonchev–Trinajstić information content (AvgIpc) is 2.88. The molecule has 0 bridgehead atoms. The number of rotatable bonds is 7. The van der Waals surface area contributed by atoms with E-state index in [0.717, 1.165) is 24.2 Å². The van der Waals surface area contributed by atoms with E-state index in [2.05, 4.69) is 16.9 Å². The van der Waals surface area contributed by atoms with Crippen molar-refractivity contribution in [3.63, 3.8) is 0 Å². The van der Waals surface area contributed by atoms with Gasteiger partial charge in [-0.1, -0.05) is 38.7 Å². The minimum atomic E-state index is -0.336. The lowest BCUT2D eigenvalue weighted by Crippen LogP contribution is -2.01. The van der Waals surface area contributed by atoms with Gasteiger partial charge in [-0.25, -0.2) is 9.78 Å². The molecule has 1 aromatic heterocycles. The molecule has 0 unspecified atom stereocenters. The fraction of sp³-hybridized carbons (Fsp3) is 0.500. The second-order valence-corrected chi connectivity index (χ2v) is 5.04. The van der Waals surface area contributed by atoms with Gasteiger partial charge in [-0.05, 0) is 18.6 Å². The summed E-state index contributed by atoms with van der Waals surface area (Å²) in [5.74, 6) is 0.615. The van der Waals surface area contributed by atoms with E-state index < -0.39 is 0 Å². The second-order valence-electron chi connectivity index (χ2n) is 5.04. The van der Waals surface area contributed by atoms with Crippen molar-refractivity contribution >= 4 is 17.0 Å². The number of imidazole rings is 1. The summed E-state index contributed by atoms with van der Waals surface area (Å²) in [4.78, 5) is 19.5. The zero-order valence-electron chi connectivity index (χ0n) is 12.2. The lowest BCUT2D eigenvalue weighted by Gasteiger charge is -1.98. The van der Waals surface area contributed by atoms with Gasteiger partial charge in [-0.3, -0.25) is 0 Å². The molecule has 1 N–H and O–H groups in total. The molecule has 4 heteroatoms. The molecule has 4 nitrogen and oxygen atoms in total. The Labute approximate surface area is 119 Å². The standard InChI is InChI=1S/C16H22N2O2/c1-3-4-5-6-7-11-14-17-13-10-8-9-12(15(13)18-14)16(19)20-2/h8-10H,3-7,11H2,1-2H3,(H,17,18). The quantitative estimate of drug-likeness (QED) is 0.616. The Balaban J connectivity index is 2.07. The molecule has 0 radical (unpaired) electrons. The maximum absolute atomic E-state index is 11.7. The molecule has 0 aliphatic carbocycles. The Kier molecular flexibility index (Phi) is 5.16. The number of unbranched alkanes of at least 4 members (excludes halogenated alkanes) is 4.